The molecule has 1 aromatic heterocycles. The molecule has 1 atom stereocenters. The van der Waals surface area contributed by atoms with Crippen molar-refractivity contribution in [2.24, 2.45) is 0 Å². The quantitative estimate of drug-likeness (QED) is 0.899. The molecule has 0 radical (unpaired) electrons. The Morgan fingerprint density at radius 1 is 1.20 bits per heavy atom. The summed E-state index contributed by atoms with van der Waals surface area (Å²) >= 11 is 0. The van der Waals surface area contributed by atoms with Gasteiger partial charge in [-0.25, -0.2) is 26.3 Å². The van der Waals surface area contributed by atoms with Gasteiger partial charge in [0.05, 0.1) is 16.9 Å². The summed E-state index contributed by atoms with van der Waals surface area (Å²) in [6.45, 7) is 1.79. The fourth-order valence-electron chi connectivity index (χ4n) is 2.45. The highest BCUT2D eigenvalue weighted by Crippen LogP contribution is 2.33. The number of amides is 2. The Morgan fingerprint density at radius 2 is 1.88 bits per heavy atom. The standard InChI is InChI=1S/C16H14F2N2O4S/c1-10-4-6-11(7-5-10)25(22,23)20-13(14-3-2-8-24-14)9-12(15(17)18)19-16(20)21/h2-9,13,15H,1H3,(H,19,21). The van der Waals surface area contributed by atoms with E-state index >= 15 is 0 Å². The van der Waals surface area contributed by atoms with E-state index in [9.17, 15) is 22.0 Å². The van der Waals surface area contributed by atoms with Crippen LogP contribution in [0.15, 0.2) is 63.7 Å². The number of furan rings is 1. The first-order valence-electron chi connectivity index (χ1n) is 7.26. The minimum atomic E-state index is -4.28. The van der Waals surface area contributed by atoms with Gasteiger partial charge in [-0.3, -0.25) is 0 Å². The first-order valence-corrected chi connectivity index (χ1v) is 8.70. The number of hydrogen-bond donors (Lipinski definition) is 1. The number of alkyl halides is 2. The van der Waals surface area contributed by atoms with Gasteiger partial charge in [-0.2, -0.15) is 0 Å². The normalized spacial score (nSPS) is 18.2. The van der Waals surface area contributed by atoms with Crippen LogP contribution in [0.2, 0.25) is 0 Å². The SMILES string of the molecule is Cc1ccc(S(=O)(=O)N2C(=O)NC(C(F)F)=CC2c2ccco2)cc1. The molecule has 9 heteroatoms. The number of hydrogen-bond acceptors (Lipinski definition) is 4. The van der Waals surface area contributed by atoms with Crippen LogP contribution in [-0.2, 0) is 10.0 Å². The van der Waals surface area contributed by atoms with E-state index in [1.54, 1.807) is 19.1 Å². The van der Waals surface area contributed by atoms with Gasteiger partial charge in [0, 0.05) is 0 Å². The highest BCUT2D eigenvalue weighted by molar-refractivity contribution is 7.89. The Labute approximate surface area is 142 Å². The Kier molecular flexibility index (Phi) is 4.34. The second kappa shape index (κ2) is 6.32. The Morgan fingerprint density at radius 3 is 2.44 bits per heavy atom. The van der Waals surface area contributed by atoms with Crippen molar-refractivity contribution < 1.29 is 26.4 Å². The Bertz CT molecular complexity index is 906. The summed E-state index contributed by atoms with van der Waals surface area (Å²) in [7, 11) is -4.28. The molecule has 132 valence electrons. The highest BCUT2D eigenvalue weighted by Gasteiger charge is 2.41. The number of allylic oxidation sites excluding steroid dienone is 1. The molecule has 3 rings (SSSR count). The van der Waals surface area contributed by atoms with Crippen LogP contribution in [0, 0.1) is 6.92 Å². The van der Waals surface area contributed by atoms with Gasteiger partial charge < -0.3 is 9.73 Å². The molecule has 0 saturated carbocycles. The van der Waals surface area contributed by atoms with Crippen molar-refractivity contribution in [2.45, 2.75) is 24.3 Å². The van der Waals surface area contributed by atoms with Gasteiger partial charge in [0.25, 0.3) is 16.4 Å². The van der Waals surface area contributed by atoms with Gasteiger partial charge in [-0.15, -0.1) is 0 Å². The van der Waals surface area contributed by atoms with E-state index in [0.717, 1.165) is 11.6 Å². The second-order valence-corrected chi connectivity index (χ2v) is 7.24. The summed E-state index contributed by atoms with van der Waals surface area (Å²) in [6, 6.07) is 6.29. The molecule has 0 saturated heterocycles. The maximum Gasteiger partial charge on any atom is 0.336 e. The lowest BCUT2D eigenvalue weighted by molar-refractivity contribution is 0.165. The summed E-state index contributed by atoms with van der Waals surface area (Å²) in [5.41, 5.74) is 0.172. The summed E-state index contributed by atoms with van der Waals surface area (Å²) in [5, 5.41) is 1.92. The number of nitrogens with zero attached hydrogens (tertiary/aromatic N) is 1. The molecular formula is C16H14F2N2O4S. The Balaban J connectivity index is 2.12. The van der Waals surface area contributed by atoms with Gasteiger partial charge in [-0.05, 0) is 37.3 Å². The zero-order chi connectivity index (χ0) is 18.2. The number of benzene rings is 1. The number of carbonyl (C=O) groups is 1. The number of rotatable bonds is 4. The smallest absolute Gasteiger partial charge is 0.336 e. The number of sulfonamides is 1. The molecular weight excluding hydrogens is 354 g/mol. The average Bonchev–Trinajstić information content (AvgIpc) is 3.08. The van der Waals surface area contributed by atoms with E-state index < -0.39 is 34.2 Å². The van der Waals surface area contributed by atoms with E-state index in [2.05, 4.69) is 0 Å². The molecule has 25 heavy (non-hydrogen) atoms. The molecule has 0 bridgehead atoms. The van der Waals surface area contributed by atoms with Crippen LogP contribution in [0.3, 0.4) is 0 Å². The fraction of sp³-hybridized carbons (Fsp3) is 0.188. The van der Waals surface area contributed by atoms with Crippen LogP contribution in [0.1, 0.15) is 17.4 Å². The highest BCUT2D eigenvalue weighted by atomic mass is 32.2. The number of halogens is 2. The summed E-state index contributed by atoms with van der Waals surface area (Å²) in [4.78, 5) is 12.2. The van der Waals surface area contributed by atoms with Crippen LogP contribution in [-0.4, -0.2) is 25.2 Å². The zero-order valence-electron chi connectivity index (χ0n) is 13.0. The van der Waals surface area contributed by atoms with E-state index in [-0.39, 0.29) is 10.7 Å². The van der Waals surface area contributed by atoms with Crippen molar-refractivity contribution in [3.63, 3.8) is 0 Å². The third kappa shape index (κ3) is 3.14. The number of carbonyl (C=O) groups excluding carboxylic acids is 1. The fourth-order valence-corrected chi connectivity index (χ4v) is 3.89. The zero-order valence-corrected chi connectivity index (χ0v) is 13.8. The molecule has 0 spiro atoms. The van der Waals surface area contributed by atoms with Crippen molar-refractivity contribution >= 4 is 16.1 Å². The van der Waals surface area contributed by atoms with Crippen molar-refractivity contribution in [3.8, 4) is 0 Å². The molecule has 6 nitrogen and oxygen atoms in total. The van der Waals surface area contributed by atoms with Gasteiger partial charge in [0.2, 0.25) is 0 Å². The van der Waals surface area contributed by atoms with Crippen LogP contribution in [0.5, 0.6) is 0 Å². The van der Waals surface area contributed by atoms with E-state index in [1.165, 1.54) is 30.5 Å². The molecule has 2 amide bonds. The first-order chi connectivity index (χ1) is 11.8. The minimum absolute atomic E-state index is 0.0590. The number of aryl methyl sites for hydroxylation is 1. The van der Waals surface area contributed by atoms with Crippen LogP contribution < -0.4 is 5.32 Å². The van der Waals surface area contributed by atoms with Crippen molar-refractivity contribution in [3.05, 3.63) is 65.8 Å². The average molecular weight is 368 g/mol. The van der Waals surface area contributed by atoms with Gasteiger partial charge >= 0.3 is 6.03 Å². The van der Waals surface area contributed by atoms with Crippen molar-refractivity contribution in [1.82, 2.24) is 9.62 Å². The van der Waals surface area contributed by atoms with Crippen LogP contribution in [0.4, 0.5) is 13.6 Å². The molecule has 1 aliphatic rings. The lowest BCUT2D eigenvalue weighted by Gasteiger charge is -2.32. The Hall–Kier alpha value is -2.68. The largest absolute Gasteiger partial charge is 0.467 e. The van der Waals surface area contributed by atoms with E-state index in [1.807, 2.05) is 5.32 Å². The molecule has 0 aliphatic carbocycles. The third-order valence-corrected chi connectivity index (χ3v) is 5.47. The molecule has 2 aromatic rings. The molecule has 1 aliphatic heterocycles. The number of nitrogens with one attached hydrogen (secondary N) is 1. The molecule has 0 fully saturated rings. The molecule has 1 N–H and O–H groups in total. The second-order valence-electron chi connectivity index (χ2n) is 5.43. The van der Waals surface area contributed by atoms with Crippen LogP contribution in [0.25, 0.3) is 0 Å². The van der Waals surface area contributed by atoms with Gasteiger partial charge in [0.15, 0.2) is 0 Å². The molecule has 2 heterocycles. The monoisotopic (exact) mass is 368 g/mol. The predicted molar refractivity (Wildman–Crippen MR) is 84.3 cm³/mol. The van der Waals surface area contributed by atoms with E-state index in [0.29, 0.717) is 4.31 Å². The van der Waals surface area contributed by atoms with Gasteiger partial charge in [0.1, 0.15) is 11.8 Å². The van der Waals surface area contributed by atoms with Crippen molar-refractivity contribution in [1.29, 1.82) is 0 Å². The summed E-state index contributed by atoms with van der Waals surface area (Å²) in [5.74, 6) is 0.0590. The lowest BCUT2D eigenvalue weighted by atomic mass is 10.1. The minimum Gasteiger partial charge on any atom is -0.467 e. The first kappa shape index (κ1) is 17.2. The summed E-state index contributed by atoms with van der Waals surface area (Å²) < 4.78 is 57.5. The molecule has 1 unspecified atom stereocenters. The lowest BCUT2D eigenvalue weighted by Crippen LogP contribution is -2.49. The van der Waals surface area contributed by atoms with Gasteiger partial charge in [-0.1, -0.05) is 17.7 Å². The maximum atomic E-state index is 13.0. The van der Waals surface area contributed by atoms with E-state index in [4.69, 9.17) is 4.42 Å². The summed E-state index contributed by atoms with van der Waals surface area (Å²) in [6.07, 6.45) is -0.712. The molecule has 1 aromatic carbocycles. The topological polar surface area (TPSA) is 79.6 Å². The maximum absolute atomic E-state index is 13.0. The third-order valence-electron chi connectivity index (χ3n) is 3.69. The van der Waals surface area contributed by atoms with Crippen molar-refractivity contribution in [2.75, 3.05) is 0 Å². The predicted octanol–water partition coefficient (Wildman–Crippen LogP) is 3.19. The number of urea groups is 1. The van der Waals surface area contributed by atoms with Crippen LogP contribution >= 0.6 is 0 Å².